The number of aromatic hydroxyl groups is 1. The lowest BCUT2D eigenvalue weighted by atomic mass is 10.1. The van der Waals surface area contributed by atoms with Crippen LogP contribution in [0.2, 0.25) is 10.0 Å². The lowest BCUT2D eigenvalue weighted by Crippen LogP contribution is -2.00. The Bertz CT molecular complexity index is 777. The third kappa shape index (κ3) is 2.89. The van der Waals surface area contributed by atoms with Crippen LogP contribution in [0.4, 0.5) is 5.69 Å². The Labute approximate surface area is 132 Å². The Morgan fingerprint density at radius 1 is 1.05 bits per heavy atom. The number of nitrogens with zero attached hydrogens (tertiary/aromatic N) is 1. The highest BCUT2D eigenvalue weighted by Gasteiger charge is 2.07. The highest BCUT2D eigenvalue weighted by atomic mass is 35.5. The van der Waals surface area contributed by atoms with Crippen LogP contribution >= 0.6 is 23.2 Å². The summed E-state index contributed by atoms with van der Waals surface area (Å²) in [5.41, 5.74) is 2.84. The second-order valence-corrected chi connectivity index (χ2v) is 5.44. The predicted octanol–water partition coefficient (Wildman–Crippen LogP) is 4.86. The molecule has 2 aromatic carbocycles. The molecule has 0 aliphatic carbocycles. The van der Waals surface area contributed by atoms with Gasteiger partial charge in [0.05, 0.1) is 15.6 Å². The van der Waals surface area contributed by atoms with Crippen molar-refractivity contribution in [3.63, 3.8) is 0 Å². The summed E-state index contributed by atoms with van der Waals surface area (Å²) in [4.78, 5) is 4.33. The summed E-state index contributed by atoms with van der Waals surface area (Å²) < 4.78 is 0. The van der Waals surface area contributed by atoms with Crippen molar-refractivity contribution in [2.75, 3.05) is 5.32 Å². The first-order chi connectivity index (χ1) is 10.1. The summed E-state index contributed by atoms with van der Waals surface area (Å²) in [7, 11) is 0. The van der Waals surface area contributed by atoms with Gasteiger partial charge in [-0.05, 0) is 29.8 Å². The zero-order chi connectivity index (χ0) is 14.8. The number of phenolic OH excluding ortho intramolecular Hbond substituents is 1. The van der Waals surface area contributed by atoms with E-state index in [4.69, 9.17) is 23.2 Å². The molecule has 3 aromatic rings. The summed E-state index contributed by atoms with van der Waals surface area (Å²) in [6, 6.07) is 13.2. The molecule has 0 fully saturated rings. The number of nitrogens with one attached hydrogen (secondary N) is 1. The number of hydrogen-bond donors (Lipinski definition) is 2. The molecule has 3 nitrogen and oxygen atoms in total. The molecule has 0 unspecified atom stereocenters. The van der Waals surface area contributed by atoms with Crippen LogP contribution < -0.4 is 5.32 Å². The van der Waals surface area contributed by atoms with E-state index in [0.29, 0.717) is 6.54 Å². The molecule has 106 valence electrons. The van der Waals surface area contributed by atoms with E-state index in [1.807, 2.05) is 30.3 Å². The summed E-state index contributed by atoms with van der Waals surface area (Å²) in [6.45, 7) is 0.612. The van der Waals surface area contributed by atoms with Gasteiger partial charge in [0.1, 0.15) is 0 Å². The lowest BCUT2D eigenvalue weighted by Gasteiger charge is -2.10. The summed E-state index contributed by atoms with van der Waals surface area (Å²) in [5, 5.41) is 14.4. The van der Waals surface area contributed by atoms with E-state index in [1.165, 1.54) is 0 Å². The van der Waals surface area contributed by atoms with Crippen molar-refractivity contribution in [1.29, 1.82) is 0 Å². The number of pyridine rings is 1. The Morgan fingerprint density at radius 3 is 2.52 bits per heavy atom. The minimum absolute atomic E-state index is 0.0988. The average Bonchev–Trinajstić information content (AvgIpc) is 2.50. The molecule has 0 amide bonds. The van der Waals surface area contributed by atoms with Gasteiger partial charge in [-0.15, -0.1) is 0 Å². The van der Waals surface area contributed by atoms with Gasteiger partial charge in [0.2, 0.25) is 0 Å². The van der Waals surface area contributed by atoms with Crippen LogP contribution in [-0.2, 0) is 6.54 Å². The van der Waals surface area contributed by atoms with Crippen LogP contribution in [0.5, 0.6) is 5.75 Å². The standard InChI is InChI=1S/C16H12Cl2N2O/c17-13-7-11(8-14(18)16(13)21)20-9-10-5-6-19-15-4-2-1-3-12(10)15/h1-8,20-21H,9H2. The van der Waals surface area contributed by atoms with Gasteiger partial charge < -0.3 is 10.4 Å². The van der Waals surface area contributed by atoms with Crippen molar-refractivity contribution in [1.82, 2.24) is 4.98 Å². The Kier molecular flexibility index (Phi) is 3.86. The number of benzene rings is 2. The molecule has 2 N–H and O–H groups in total. The molecule has 0 aliphatic rings. The molecule has 0 aliphatic heterocycles. The Hall–Kier alpha value is -1.97. The number of rotatable bonds is 3. The maximum Gasteiger partial charge on any atom is 0.152 e. The summed E-state index contributed by atoms with van der Waals surface area (Å²) in [5.74, 6) is -0.0988. The van der Waals surface area contributed by atoms with Crippen molar-refractivity contribution in [3.8, 4) is 5.75 Å². The van der Waals surface area contributed by atoms with Crippen LogP contribution in [0.3, 0.4) is 0 Å². The quantitative estimate of drug-likeness (QED) is 0.678. The van der Waals surface area contributed by atoms with E-state index >= 15 is 0 Å². The maximum absolute atomic E-state index is 9.56. The zero-order valence-electron chi connectivity index (χ0n) is 11.0. The van der Waals surface area contributed by atoms with Gasteiger partial charge in [0, 0.05) is 23.8 Å². The molecule has 0 spiro atoms. The number of hydrogen-bond acceptors (Lipinski definition) is 3. The molecule has 21 heavy (non-hydrogen) atoms. The largest absolute Gasteiger partial charge is 0.505 e. The van der Waals surface area contributed by atoms with Gasteiger partial charge in [-0.25, -0.2) is 0 Å². The molecule has 0 saturated heterocycles. The maximum atomic E-state index is 9.56. The van der Waals surface area contributed by atoms with Crippen LogP contribution in [0, 0.1) is 0 Å². The molecular formula is C16H12Cl2N2O. The highest BCUT2D eigenvalue weighted by molar-refractivity contribution is 6.37. The molecule has 1 heterocycles. The first kappa shape index (κ1) is 14.0. The number of halogens is 2. The van der Waals surface area contributed by atoms with E-state index in [9.17, 15) is 5.11 Å². The molecule has 5 heteroatoms. The molecule has 3 rings (SSSR count). The van der Waals surface area contributed by atoms with E-state index in [-0.39, 0.29) is 15.8 Å². The van der Waals surface area contributed by atoms with Gasteiger partial charge in [-0.2, -0.15) is 0 Å². The zero-order valence-corrected chi connectivity index (χ0v) is 12.5. The van der Waals surface area contributed by atoms with Gasteiger partial charge in [-0.3, -0.25) is 4.98 Å². The molecule has 1 aromatic heterocycles. The lowest BCUT2D eigenvalue weighted by molar-refractivity contribution is 0.476. The van der Waals surface area contributed by atoms with Crippen molar-refractivity contribution < 1.29 is 5.11 Å². The molecule has 0 radical (unpaired) electrons. The number of aromatic nitrogens is 1. The Morgan fingerprint density at radius 2 is 1.76 bits per heavy atom. The second-order valence-electron chi connectivity index (χ2n) is 4.63. The van der Waals surface area contributed by atoms with E-state index in [1.54, 1.807) is 18.3 Å². The summed E-state index contributed by atoms with van der Waals surface area (Å²) >= 11 is 11.8. The van der Waals surface area contributed by atoms with Gasteiger partial charge in [0.15, 0.2) is 5.75 Å². The van der Waals surface area contributed by atoms with Crippen LogP contribution in [0.1, 0.15) is 5.56 Å². The van der Waals surface area contributed by atoms with Crippen LogP contribution in [-0.4, -0.2) is 10.1 Å². The minimum atomic E-state index is -0.0988. The molecular weight excluding hydrogens is 307 g/mol. The number of fused-ring (bicyclic) bond motifs is 1. The third-order valence-electron chi connectivity index (χ3n) is 3.24. The average molecular weight is 319 g/mol. The van der Waals surface area contributed by atoms with Crippen molar-refractivity contribution in [2.24, 2.45) is 0 Å². The van der Waals surface area contributed by atoms with Crippen molar-refractivity contribution >= 4 is 39.8 Å². The minimum Gasteiger partial charge on any atom is -0.505 e. The fourth-order valence-corrected chi connectivity index (χ4v) is 2.66. The fourth-order valence-electron chi connectivity index (χ4n) is 2.17. The monoisotopic (exact) mass is 318 g/mol. The topological polar surface area (TPSA) is 45.1 Å². The second kappa shape index (κ2) is 5.80. The van der Waals surface area contributed by atoms with Gasteiger partial charge in [0.25, 0.3) is 0 Å². The smallest absolute Gasteiger partial charge is 0.152 e. The molecule has 0 atom stereocenters. The molecule has 0 bridgehead atoms. The molecule has 0 saturated carbocycles. The number of para-hydroxylation sites is 1. The number of phenols is 1. The Balaban J connectivity index is 1.87. The predicted molar refractivity (Wildman–Crippen MR) is 87.2 cm³/mol. The first-order valence-electron chi connectivity index (χ1n) is 6.39. The first-order valence-corrected chi connectivity index (χ1v) is 7.15. The fraction of sp³-hybridized carbons (Fsp3) is 0.0625. The highest BCUT2D eigenvalue weighted by Crippen LogP contribution is 2.34. The van der Waals surface area contributed by atoms with Crippen molar-refractivity contribution in [3.05, 3.63) is 64.3 Å². The van der Waals surface area contributed by atoms with Gasteiger partial charge in [-0.1, -0.05) is 41.4 Å². The van der Waals surface area contributed by atoms with Gasteiger partial charge >= 0.3 is 0 Å². The summed E-state index contributed by atoms with van der Waals surface area (Å²) in [6.07, 6.45) is 1.79. The third-order valence-corrected chi connectivity index (χ3v) is 3.82. The SMILES string of the molecule is Oc1c(Cl)cc(NCc2ccnc3ccccc23)cc1Cl. The number of anilines is 1. The normalized spacial score (nSPS) is 10.8. The van der Waals surface area contributed by atoms with Crippen LogP contribution in [0.15, 0.2) is 48.7 Å². The van der Waals surface area contributed by atoms with E-state index in [0.717, 1.165) is 22.2 Å². The van der Waals surface area contributed by atoms with Crippen LogP contribution in [0.25, 0.3) is 10.9 Å². The van der Waals surface area contributed by atoms with E-state index < -0.39 is 0 Å². The van der Waals surface area contributed by atoms with E-state index in [2.05, 4.69) is 10.3 Å². The van der Waals surface area contributed by atoms with Crippen molar-refractivity contribution in [2.45, 2.75) is 6.54 Å².